The normalized spacial score (nSPS) is 11.1. The van der Waals surface area contributed by atoms with E-state index in [1.54, 1.807) is 21.0 Å². The topological polar surface area (TPSA) is 35.5 Å². The molecule has 2 aromatic carbocycles. The van der Waals surface area contributed by atoms with Gasteiger partial charge in [-0.05, 0) is 48.8 Å². The molecule has 0 amide bonds. The third kappa shape index (κ3) is 4.22. The lowest BCUT2D eigenvalue weighted by molar-refractivity contribution is -0.113. The van der Waals surface area contributed by atoms with Crippen molar-refractivity contribution in [2.45, 2.75) is 20.5 Å². The molecule has 3 nitrogen and oxygen atoms in total. The van der Waals surface area contributed by atoms with Crippen LogP contribution >= 0.6 is 0 Å². The molecule has 0 saturated carbocycles. The Hall–Kier alpha value is -2.55. The van der Waals surface area contributed by atoms with Gasteiger partial charge in [0, 0.05) is 0 Å². The van der Waals surface area contributed by atoms with E-state index in [2.05, 4.69) is 0 Å². The van der Waals surface area contributed by atoms with Crippen LogP contribution in [0.1, 0.15) is 25.0 Å². The monoisotopic (exact) mass is 296 g/mol. The number of Topliss-reactive ketones (excluding diaryl/α,β-unsaturated/α-hetero) is 1. The Morgan fingerprint density at radius 1 is 1.05 bits per heavy atom. The Bertz CT molecular complexity index is 672. The van der Waals surface area contributed by atoms with Crippen LogP contribution in [0.4, 0.5) is 0 Å². The van der Waals surface area contributed by atoms with Gasteiger partial charge in [0.25, 0.3) is 0 Å². The molecular formula is C19H20O3. The fourth-order valence-corrected chi connectivity index (χ4v) is 1.98. The highest BCUT2D eigenvalue weighted by Gasteiger charge is 2.06. The Balaban J connectivity index is 2.16. The molecule has 0 fully saturated rings. The minimum absolute atomic E-state index is 0.0587. The Morgan fingerprint density at radius 2 is 1.77 bits per heavy atom. The minimum Gasteiger partial charge on any atom is -0.493 e. The van der Waals surface area contributed by atoms with Gasteiger partial charge in [0.15, 0.2) is 17.3 Å². The van der Waals surface area contributed by atoms with Gasteiger partial charge in [-0.1, -0.05) is 36.4 Å². The minimum atomic E-state index is 0.0587. The quantitative estimate of drug-likeness (QED) is 0.747. The first-order valence-corrected chi connectivity index (χ1v) is 7.14. The van der Waals surface area contributed by atoms with Crippen LogP contribution in [-0.4, -0.2) is 12.9 Å². The average Bonchev–Trinajstić information content (AvgIpc) is 2.54. The van der Waals surface area contributed by atoms with E-state index < -0.39 is 0 Å². The zero-order valence-electron chi connectivity index (χ0n) is 13.1. The van der Waals surface area contributed by atoms with Crippen LogP contribution in [0.2, 0.25) is 0 Å². The van der Waals surface area contributed by atoms with Crippen molar-refractivity contribution < 1.29 is 14.3 Å². The smallest absolute Gasteiger partial charge is 0.161 e. The molecule has 0 spiro atoms. The van der Waals surface area contributed by atoms with E-state index in [1.807, 2.05) is 54.6 Å². The Kier molecular flexibility index (Phi) is 5.37. The molecule has 0 bridgehead atoms. The zero-order valence-corrected chi connectivity index (χ0v) is 13.1. The molecule has 22 heavy (non-hydrogen) atoms. The highest BCUT2D eigenvalue weighted by atomic mass is 16.5. The van der Waals surface area contributed by atoms with E-state index in [1.165, 1.54) is 0 Å². The summed E-state index contributed by atoms with van der Waals surface area (Å²) in [6, 6.07) is 15.6. The first-order chi connectivity index (χ1) is 10.6. The number of hydrogen-bond donors (Lipinski definition) is 0. The van der Waals surface area contributed by atoms with E-state index in [0.717, 1.165) is 11.1 Å². The number of hydrogen-bond acceptors (Lipinski definition) is 3. The SMILES string of the molecule is COc1cc(/C=C(/C)C(C)=O)ccc1OCc1ccccc1. The molecule has 0 aromatic heterocycles. The van der Waals surface area contributed by atoms with Gasteiger partial charge in [-0.15, -0.1) is 0 Å². The number of allylic oxidation sites excluding steroid dienone is 1. The van der Waals surface area contributed by atoms with Crippen LogP contribution in [0.5, 0.6) is 11.5 Å². The number of rotatable bonds is 6. The van der Waals surface area contributed by atoms with Gasteiger partial charge in [-0.25, -0.2) is 0 Å². The van der Waals surface area contributed by atoms with E-state index in [0.29, 0.717) is 23.7 Å². The summed E-state index contributed by atoms with van der Waals surface area (Å²) in [4.78, 5) is 11.3. The maximum Gasteiger partial charge on any atom is 0.161 e. The molecule has 114 valence electrons. The summed E-state index contributed by atoms with van der Waals surface area (Å²) in [7, 11) is 1.61. The molecule has 3 heteroatoms. The number of methoxy groups -OCH3 is 1. The molecule has 2 aromatic rings. The third-order valence-corrected chi connectivity index (χ3v) is 3.36. The van der Waals surface area contributed by atoms with Crippen LogP contribution in [0.15, 0.2) is 54.1 Å². The molecule has 0 aliphatic heterocycles. The Morgan fingerprint density at radius 3 is 2.41 bits per heavy atom. The van der Waals surface area contributed by atoms with Crippen molar-refractivity contribution in [3.63, 3.8) is 0 Å². The predicted octanol–water partition coefficient (Wildman–Crippen LogP) is 4.27. The van der Waals surface area contributed by atoms with Crippen LogP contribution in [0, 0.1) is 0 Å². The molecule has 0 radical (unpaired) electrons. The maximum atomic E-state index is 11.3. The molecule has 0 unspecified atom stereocenters. The number of carbonyl (C=O) groups is 1. The van der Waals surface area contributed by atoms with Gasteiger partial charge in [0.1, 0.15) is 6.61 Å². The lowest BCUT2D eigenvalue weighted by atomic mass is 10.1. The van der Waals surface area contributed by atoms with Gasteiger partial charge in [0.2, 0.25) is 0 Å². The lowest BCUT2D eigenvalue weighted by Gasteiger charge is -2.11. The summed E-state index contributed by atoms with van der Waals surface area (Å²) in [5.74, 6) is 1.40. The summed E-state index contributed by atoms with van der Waals surface area (Å²) in [6.45, 7) is 3.84. The summed E-state index contributed by atoms with van der Waals surface area (Å²) < 4.78 is 11.2. The summed E-state index contributed by atoms with van der Waals surface area (Å²) in [6.07, 6.45) is 1.84. The first-order valence-electron chi connectivity index (χ1n) is 7.14. The molecule has 0 aliphatic carbocycles. The standard InChI is InChI=1S/C19H20O3/c1-14(15(2)20)11-17-9-10-18(19(12-17)21-3)22-13-16-7-5-4-6-8-16/h4-12H,13H2,1-3H3/b14-11-. The average molecular weight is 296 g/mol. The largest absolute Gasteiger partial charge is 0.493 e. The van der Waals surface area contributed by atoms with Crippen LogP contribution in [0.3, 0.4) is 0 Å². The van der Waals surface area contributed by atoms with E-state index in [4.69, 9.17) is 9.47 Å². The number of carbonyl (C=O) groups excluding carboxylic acids is 1. The van der Waals surface area contributed by atoms with E-state index >= 15 is 0 Å². The zero-order chi connectivity index (χ0) is 15.9. The number of ketones is 1. The van der Waals surface area contributed by atoms with Crippen LogP contribution < -0.4 is 9.47 Å². The van der Waals surface area contributed by atoms with Gasteiger partial charge in [-0.3, -0.25) is 4.79 Å². The molecule has 0 heterocycles. The molecule has 0 aliphatic rings. The third-order valence-electron chi connectivity index (χ3n) is 3.36. The van der Waals surface area contributed by atoms with Gasteiger partial charge in [-0.2, -0.15) is 0 Å². The fraction of sp³-hybridized carbons (Fsp3) is 0.211. The molecule has 0 atom stereocenters. The summed E-state index contributed by atoms with van der Waals surface area (Å²) in [5.41, 5.74) is 2.72. The Labute approximate surface area is 131 Å². The van der Waals surface area contributed by atoms with Crippen LogP contribution in [0.25, 0.3) is 6.08 Å². The van der Waals surface area contributed by atoms with Crippen molar-refractivity contribution >= 4 is 11.9 Å². The van der Waals surface area contributed by atoms with Crippen molar-refractivity contribution in [2.24, 2.45) is 0 Å². The van der Waals surface area contributed by atoms with Crippen molar-refractivity contribution in [3.8, 4) is 11.5 Å². The second-order valence-electron chi connectivity index (χ2n) is 5.07. The molecule has 0 N–H and O–H groups in total. The number of benzene rings is 2. The summed E-state index contributed by atoms with van der Waals surface area (Å²) >= 11 is 0. The van der Waals surface area contributed by atoms with Crippen molar-refractivity contribution in [1.29, 1.82) is 0 Å². The molecule has 0 saturated heterocycles. The van der Waals surface area contributed by atoms with Gasteiger partial charge < -0.3 is 9.47 Å². The second kappa shape index (κ2) is 7.46. The maximum absolute atomic E-state index is 11.3. The van der Waals surface area contributed by atoms with Gasteiger partial charge in [0.05, 0.1) is 7.11 Å². The summed E-state index contributed by atoms with van der Waals surface area (Å²) in [5, 5.41) is 0. The highest BCUT2D eigenvalue weighted by molar-refractivity contribution is 5.97. The van der Waals surface area contributed by atoms with Crippen molar-refractivity contribution in [3.05, 3.63) is 65.2 Å². The molecular weight excluding hydrogens is 276 g/mol. The van der Waals surface area contributed by atoms with Crippen LogP contribution in [-0.2, 0) is 11.4 Å². The van der Waals surface area contributed by atoms with Crippen molar-refractivity contribution in [2.75, 3.05) is 7.11 Å². The van der Waals surface area contributed by atoms with Gasteiger partial charge >= 0.3 is 0 Å². The molecule has 2 rings (SSSR count). The van der Waals surface area contributed by atoms with E-state index in [9.17, 15) is 4.79 Å². The van der Waals surface area contributed by atoms with E-state index in [-0.39, 0.29) is 5.78 Å². The van der Waals surface area contributed by atoms with Crippen molar-refractivity contribution in [1.82, 2.24) is 0 Å². The predicted molar refractivity (Wildman–Crippen MR) is 88.1 cm³/mol. The lowest BCUT2D eigenvalue weighted by Crippen LogP contribution is -1.98. The highest BCUT2D eigenvalue weighted by Crippen LogP contribution is 2.29. The second-order valence-corrected chi connectivity index (χ2v) is 5.07. The number of ether oxygens (including phenoxy) is 2. The first kappa shape index (κ1) is 15.8. The fourth-order valence-electron chi connectivity index (χ4n) is 1.98.